The van der Waals surface area contributed by atoms with E-state index in [1.54, 1.807) is 18.3 Å². The van der Waals surface area contributed by atoms with Crippen LogP contribution in [-0.4, -0.2) is 22.0 Å². The number of nitrogens with one attached hydrogen (secondary N) is 1. The third kappa shape index (κ3) is 2.80. The Hall–Kier alpha value is -2.21. The summed E-state index contributed by atoms with van der Waals surface area (Å²) in [6, 6.07) is 6.80. The van der Waals surface area contributed by atoms with Crippen molar-refractivity contribution in [2.45, 2.75) is 26.3 Å². The molecule has 6 nitrogen and oxygen atoms in total. The Kier molecular flexibility index (Phi) is 4.09. The van der Waals surface area contributed by atoms with E-state index in [2.05, 4.69) is 24.1 Å². The average molecular weight is 288 g/mol. The van der Waals surface area contributed by atoms with E-state index in [9.17, 15) is 10.1 Å². The Morgan fingerprint density at radius 3 is 2.71 bits per heavy atom. The van der Waals surface area contributed by atoms with Crippen molar-refractivity contribution in [2.75, 3.05) is 11.9 Å². The summed E-state index contributed by atoms with van der Waals surface area (Å²) < 4.78 is 0. The number of nitrogens with zero attached hydrogens (tertiary/aromatic N) is 2. The molecule has 1 atom stereocenters. The van der Waals surface area contributed by atoms with E-state index < -0.39 is 4.92 Å². The van der Waals surface area contributed by atoms with Gasteiger partial charge in [0.25, 0.3) is 5.69 Å². The van der Waals surface area contributed by atoms with Crippen molar-refractivity contribution in [2.24, 2.45) is 11.7 Å². The number of hydrogen-bond donors (Lipinski definition) is 2. The maximum Gasteiger partial charge on any atom is 0.295 e. The SMILES string of the molecule is CC(C)C(C)(CN)Nc1ccc([N+](=O)[O-])c2ncccc12. The molecule has 112 valence electrons. The zero-order valence-electron chi connectivity index (χ0n) is 12.5. The van der Waals surface area contributed by atoms with Crippen LogP contribution in [0.25, 0.3) is 10.9 Å². The summed E-state index contributed by atoms with van der Waals surface area (Å²) >= 11 is 0. The molecule has 6 heteroatoms. The summed E-state index contributed by atoms with van der Waals surface area (Å²) in [5.41, 5.74) is 6.80. The second-order valence-electron chi connectivity index (χ2n) is 5.69. The van der Waals surface area contributed by atoms with Gasteiger partial charge in [0.1, 0.15) is 5.52 Å². The van der Waals surface area contributed by atoms with Gasteiger partial charge in [-0.05, 0) is 31.0 Å². The molecular weight excluding hydrogens is 268 g/mol. The van der Waals surface area contributed by atoms with E-state index in [0.29, 0.717) is 18.0 Å². The molecule has 0 fully saturated rings. The second-order valence-corrected chi connectivity index (χ2v) is 5.69. The highest BCUT2D eigenvalue weighted by Crippen LogP contribution is 2.32. The number of aromatic nitrogens is 1. The maximum atomic E-state index is 11.1. The predicted octanol–water partition coefficient (Wildman–Crippen LogP) is 2.93. The van der Waals surface area contributed by atoms with E-state index >= 15 is 0 Å². The summed E-state index contributed by atoms with van der Waals surface area (Å²) in [6.07, 6.45) is 1.56. The highest BCUT2D eigenvalue weighted by Gasteiger charge is 2.27. The number of nitro groups is 1. The number of anilines is 1. The van der Waals surface area contributed by atoms with Gasteiger partial charge < -0.3 is 11.1 Å². The molecule has 0 radical (unpaired) electrons. The van der Waals surface area contributed by atoms with Gasteiger partial charge >= 0.3 is 0 Å². The van der Waals surface area contributed by atoms with Crippen molar-refractivity contribution < 1.29 is 4.92 Å². The molecule has 0 bridgehead atoms. The Morgan fingerprint density at radius 1 is 1.43 bits per heavy atom. The number of rotatable bonds is 5. The van der Waals surface area contributed by atoms with Crippen molar-refractivity contribution in [1.82, 2.24) is 4.98 Å². The summed E-state index contributed by atoms with van der Waals surface area (Å²) in [7, 11) is 0. The Bertz CT molecular complexity index is 672. The molecule has 0 aliphatic rings. The summed E-state index contributed by atoms with van der Waals surface area (Å²) in [4.78, 5) is 14.8. The van der Waals surface area contributed by atoms with Gasteiger partial charge in [-0.1, -0.05) is 13.8 Å². The van der Waals surface area contributed by atoms with Crippen LogP contribution >= 0.6 is 0 Å². The van der Waals surface area contributed by atoms with Crippen LogP contribution in [0.5, 0.6) is 0 Å². The van der Waals surface area contributed by atoms with Crippen molar-refractivity contribution >= 4 is 22.3 Å². The number of nitro benzene ring substituents is 1. The smallest absolute Gasteiger partial charge is 0.295 e. The largest absolute Gasteiger partial charge is 0.378 e. The quantitative estimate of drug-likeness (QED) is 0.651. The summed E-state index contributed by atoms with van der Waals surface area (Å²) in [6.45, 7) is 6.68. The van der Waals surface area contributed by atoms with Crippen LogP contribution < -0.4 is 11.1 Å². The van der Waals surface area contributed by atoms with Gasteiger partial charge in [0.15, 0.2) is 0 Å². The van der Waals surface area contributed by atoms with Crippen LogP contribution in [0, 0.1) is 16.0 Å². The minimum atomic E-state index is -0.413. The molecule has 3 N–H and O–H groups in total. The Labute approximate surface area is 123 Å². The minimum absolute atomic E-state index is 0.00940. The van der Waals surface area contributed by atoms with E-state index in [0.717, 1.165) is 11.1 Å². The van der Waals surface area contributed by atoms with E-state index in [-0.39, 0.29) is 11.2 Å². The Morgan fingerprint density at radius 2 is 2.14 bits per heavy atom. The molecule has 1 aromatic carbocycles. The highest BCUT2D eigenvalue weighted by atomic mass is 16.6. The molecule has 1 unspecified atom stereocenters. The van der Waals surface area contributed by atoms with E-state index in [1.165, 1.54) is 6.07 Å². The number of hydrogen-bond acceptors (Lipinski definition) is 5. The molecule has 1 heterocycles. The van der Waals surface area contributed by atoms with Crippen molar-refractivity contribution in [1.29, 1.82) is 0 Å². The number of fused-ring (bicyclic) bond motifs is 1. The lowest BCUT2D eigenvalue weighted by molar-refractivity contribution is -0.383. The van der Waals surface area contributed by atoms with Crippen LogP contribution in [0.2, 0.25) is 0 Å². The molecule has 2 aromatic rings. The lowest BCUT2D eigenvalue weighted by Crippen LogP contribution is -2.47. The first-order valence-electron chi connectivity index (χ1n) is 6.89. The lowest BCUT2D eigenvalue weighted by Gasteiger charge is -2.35. The van der Waals surface area contributed by atoms with E-state index in [4.69, 9.17) is 5.73 Å². The van der Waals surface area contributed by atoms with Crippen LogP contribution in [-0.2, 0) is 0 Å². The first-order valence-corrected chi connectivity index (χ1v) is 6.89. The third-order valence-corrected chi connectivity index (χ3v) is 4.06. The first kappa shape index (κ1) is 15.2. The molecule has 0 aliphatic carbocycles. The van der Waals surface area contributed by atoms with Crippen LogP contribution in [0.3, 0.4) is 0 Å². The molecule has 0 spiro atoms. The molecule has 0 saturated heterocycles. The number of nitrogens with two attached hydrogens (primary N) is 1. The number of non-ortho nitro benzene ring substituents is 1. The molecule has 1 aromatic heterocycles. The number of benzene rings is 1. The van der Waals surface area contributed by atoms with Gasteiger partial charge in [0, 0.05) is 35.4 Å². The van der Waals surface area contributed by atoms with Gasteiger partial charge in [-0.25, -0.2) is 4.98 Å². The van der Waals surface area contributed by atoms with Crippen LogP contribution in [0.4, 0.5) is 11.4 Å². The van der Waals surface area contributed by atoms with Crippen molar-refractivity contribution in [3.63, 3.8) is 0 Å². The third-order valence-electron chi connectivity index (χ3n) is 4.06. The van der Waals surface area contributed by atoms with Gasteiger partial charge in [-0.3, -0.25) is 10.1 Å². The predicted molar refractivity (Wildman–Crippen MR) is 84.3 cm³/mol. The summed E-state index contributed by atoms with van der Waals surface area (Å²) in [5, 5.41) is 15.3. The van der Waals surface area contributed by atoms with Gasteiger partial charge in [0.05, 0.1) is 4.92 Å². The molecule has 0 saturated carbocycles. The standard InChI is InChI=1S/C15H20N4O2/c1-10(2)15(3,9-16)18-12-6-7-13(19(20)21)14-11(12)5-4-8-17-14/h4-8,10,18H,9,16H2,1-3H3. The van der Waals surface area contributed by atoms with E-state index in [1.807, 2.05) is 13.0 Å². The topological polar surface area (TPSA) is 94.1 Å². The van der Waals surface area contributed by atoms with Gasteiger partial charge in [0.2, 0.25) is 0 Å². The van der Waals surface area contributed by atoms with Crippen LogP contribution in [0.15, 0.2) is 30.5 Å². The monoisotopic (exact) mass is 288 g/mol. The minimum Gasteiger partial charge on any atom is -0.378 e. The molecule has 0 aliphatic heterocycles. The zero-order chi connectivity index (χ0) is 15.6. The fraction of sp³-hybridized carbons (Fsp3) is 0.400. The van der Waals surface area contributed by atoms with Crippen LogP contribution in [0.1, 0.15) is 20.8 Å². The fourth-order valence-electron chi connectivity index (χ4n) is 2.15. The Balaban J connectivity index is 2.56. The lowest BCUT2D eigenvalue weighted by atomic mass is 9.88. The zero-order valence-corrected chi connectivity index (χ0v) is 12.5. The second kappa shape index (κ2) is 5.65. The normalized spacial score (nSPS) is 14.1. The average Bonchev–Trinajstić information content (AvgIpc) is 2.46. The molecular formula is C15H20N4O2. The van der Waals surface area contributed by atoms with Gasteiger partial charge in [-0.2, -0.15) is 0 Å². The molecule has 21 heavy (non-hydrogen) atoms. The van der Waals surface area contributed by atoms with Crippen molar-refractivity contribution in [3.05, 3.63) is 40.6 Å². The fourth-order valence-corrected chi connectivity index (χ4v) is 2.15. The molecule has 2 rings (SSSR count). The maximum absolute atomic E-state index is 11.1. The molecule has 0 amide bonds. The highest BCUT2D eigenvalue weighted by molar-refractivity contribution is 5.97. The van der Waals surface area contributed by atoms with Gasteiger partial charge in [-0.15, -0.1) is 0 Å². The first-order chi connectivity index (χ1) is 9.89. The van der Waals surface area contributed by atoms with Crippen molar-refractivity contribution in [3.8, 4) is 0 Å². The summed E-state index contributed by atoms with van der Waals surface area (Å²) in [5.74, 6) is 0.310. The number of pyridine rings is 1.